The molecule has 0 aromatic heterocycles. The van der Waals surface area contributed by atoms with Crippen molar-refractivity contribution >= 4 is 12.0 Å². The second kappa shape index (κ2) is 4.48. The Morgan fingerprint density at radius 1 is 1.35 bits per heavy atom. The van der Waals surface area contributed by atoms with Crippen LogP contribution in [-0.4, -0.2) is 70.0 Å². The Morgan fingerprint density at radius 3 is 2.53 bits per heavy atom. The van der Waals surface area contributed by atoms with Crippen LogP contribution >= 0.6 is 0 Å². The molecule has 2 saturated heterocycles. The van der Waals surface area contributed by atoms with Gasteiger partial charge in [0, 0.05) is 13.1 Å². The van der Waals surface area contributed by atoms with Gasteiger partial charge in [0.25, 0.3) is 5.91 Å². The minimum atomic E-state index is -1.38. The highest BCUT2D eigenvalue weighted by atomic mass is 19.1. The van der Waals surface area contributed by atoms with Gasteiger partial charge in [-0.15, -0.1) is 0 Å². The maximum atomic E-state index is 13.8. The van der Waals surface area contributed by atoms with E-state index in [-0.39, 0.29) is 19.5 Å². The van der Waals surface area contributed by atoms with Gasteiger partial charge < -0.3 is 20.0 Å². The number of carbonyl (C=O) groups excluding carboxylic acids is 1. The van der Waals surface area contributed by atoms with E-state index in [1.165, 1.54) is 4.90 Å². The van der Waals surface area contributed by atoms with Crippen LogP contribution in [0.3, 0.4) is 0 Å². The Balaban J connectivity index is 2.00. The normalized spacial score (nSPS) is 34.2. The fourth-order valence-electron chi connectivity index (χ4n) is 2.43. The van der Waals surface area contributed by atoms with Gasteiger partial charge in [-0.1, -0.05) is 0 Å². The van der Waals surface area contributed by atoms with Crippen molar-refractivity contribution in [2.75, 3.05) is 19.6 Å². The first-order valence-corrected chi connectivity index (χ1v) is 5.61. The van der Waals surface area contributed by atoms with Crippen molar-refractivity contribution in [1.29, 1.82) is 0 Å². The summed E-state index contributed by atoms with van der Waals surface area (Å²) in [5.74, 6) is -0.443. The number of rotatable bonds is 1. The molecule has 2 fully saturated rings. The fraction of sp³-hybridized carbons (Fsp3) is 0.800. The highest BCUT2D eigenvalue weighted by Crippen LogP contribution is 2.24. The lowest BCUT2D eigenvalue weighted by Crippen LogP contribution is -2.54. The summed E-state index contributed by atoms with van der Waals surface area (Å²) in [6, 6.07) is -0.602. The fourth-order valence-corrected chi connectivity index (χ4v) is 2.43. The number of alkyl halides is 1. The molecule has 0 aromatic rings. The average Bonchev–Trinajstić information content (AvgIpc) is 2.60. The predicted octanol–water partition coefficient (Wildman–Crippen LogP) is -0.330. The number of nitrogens with zero attached hydrogens (tertiary/aromatic N) is 2. The largest absolute Gasteiger partial charge is 0.465 e. The molecule has 1 unspecified atom stereocenters. The van der Waals surface area contributed by atoms with E-state index in [4.69, 9.17) is 5.11 Å². The molecule has 2 rings (SSSR count). The van der Waals surface area contributed by atoms with Gasteiger partial charge >= 0.3 is 6.09 Å². The molecule has 17 heavy (non-hydrogen) atoms. The molecule has 0 spiro atoms. The molecule has 2 aliphatic rings. The van der Waals surface area contributed by atoms with E-state index in [9.17, 15) is 19.1 Å². The number of hydrogen-bond acceptors (Lipinski definition) is 3. The number of carbonyl (C=O) groups is 2. The topological polar surface area (TPSA) is 81.1 Å². The summed E-state index contributed by atoms with van der Waals surface area (Å²) in [6.07, 6.45) is -2.94. The van der Waals surface area contributed by atoms with Crippen molar-refractivity contribution in [3.63, 3.8) is 0 Å². The second-order valence-electron chi connectivity index (χ2n) is 4.44. The SMILES string of the molecule is O=C(O)N1CC[C@H](N2CCC(O)C2=O)[C@H](F)C1. The van der Waals surface area contributed by atoms with Crippen molar-refractivity contribution < 1.29 is 24.2 Å². The van der Waals surface area contributed by atoms with Crippen LogP contribution in [0.2, 0.25) is 0 Å². The maximum Gasteiger partial charge on any atom is 0.407 e. The molecule has 6 nitrogen and oxygen atoms in total. The lowest BCUT2D eigenvalue weighted by Gasteiger charge is -2.37. The van der Waals surface area contributed by atoms with Crippen LogP contribution in [-0.2, 0) is 4.79 Å². The molecule has 7 heteroatoms. The van der Waals surface area contributed by atoms with Crippen molar-refractivity contribution in [2.24, 2.45) is 0 Å². The van der Waals surface area contributed by atoms with Gasteiger partial charge in [0.05, 0.1) is 12.6 Å². The molecule has 2 aliphatic heterocycles. The van der Waals surface area contributed by atoms with Gasteiger partial charge in [0.2, 0.25) is 0 Å². The first-order chi connectivity index (χ1) is 8.00. The van der Waals surface area contributed by atoms with Gasteiger partial charge in [-0.25, -0.2) is 9.18 Å². The van der Waals surface area contributed by atoms with Crippen molar-refractivity contribution in [2.45, 2.75) is 31.2 Å². The lowest BCUT2D eigenvalue weighted by molar-refractivity contribution is -0.138. The zero-order valence-corrected chi connectivity index (χ0v) is 9.25. The minimum absolute atomic E-state index is 0.208. The Labute approximate surface area is 97.6 Å². The number of likely N-dealkylation sites (tertiary alicyclic amines) is 2. The number of aliphatic hydroxyl groups excluding tert-OH is 1. The summed E-state index contributed by atoms with van der Waals surface area (Å²) >= 11 is 0. The number of halogens is 1. The van der Waals surface area contributed by atoms with Crippen LogP contribution in [0.1, 0.15) is 12.8 Å². The Morgan fingerprint density at radius 2 is 2.06 bits per heavy atom. The van der Waals surface area contributed by atoms with Crippen molar-refractivity contribution in [1.82, 2.24) is 9.80 Å². The van der Waals surface area contributed by atoms with E-state index in [0.29, 0.717) is 13.0 Å². The lowest BCUT2D eigenvalue weighted by atomic mass is 10.0. The van der Waals surface area contributed by atoms with Crippen LogP contribution < -0.4 is 0 Å². The van der Waals surface area contributed by atoms with Crippen molar-refractivity contribution in [3.05, 3.63) is 0 Å². The predicted molar refractivity (Wildman–Crippen MR) is 55.2 cm³/mol. The van der Waals surface area contributed by atoms with Crippen molar-refractivity contribution in [3.8, 4) is 0 Å². The highest BCUT2D eigenvalue weighted by molar-refractivity contribution is 5.83. The quantitative estimate of drug-likeness (QED) is 0.664. The van der Waals surface area contributed by atoms with E-state index in [1.807, 2.05) is 0 Å². The van der Waals surface area contributed by atoms with E-state index >= 15 is 0 Å². The summed E-state index contributed by atoms with van der Waals surface area (Å²) < 4.78 is 13.8. The number of aliphatic hydroxyl groups is 1. The molecule has 0 aliphatic carbocycles. The third-order valence-corrected chi connectivity index (χ3v) is 3.39. The molecular weight excluding hydrogens is 231 g/mol. The number of amides is 2. The Hall–Kier alpha value is -1.37. The van der Waals surface area contributed by atoms with Crippen LogP contribution in [0.15, 0.2) is 0 Å². The molecule has 0 aromatic carbocycles. The Bertz CT molecular complexity index is 338. The third-order valence-electron chi connectivity index (χ3n) is 3.39. The Kier molecular flexibility index (Phi) is 3.19. The van der Waals surface area contributed by atoms with Gasteiger partial charge in [0.1, 0.15) is 12.3 Å². The van der Waals surface area contributed by atoms with Crippen LogP contribution in [0.25, 0.3) is 0 Å². The maximum absolute atomic E-state index is 13.8. The molecular formula is C10H15FN2O4. The molecule has 0 bridgehead atoms. The zero-order chi connectivity index (χ0) is 12.6. The summed E-state index contributed by atoms with van der Waals surface area (Å²) in [7, 11) is 0. The van der Waals surface area contributed by atoms with Crippen LogP contribution in [0.5, 0.6) is 0 Å². The molecule has 2 N–H and O–H groups in total. The standard InChI is InChI=1S/C10H15FN2O4/c11-6-5-12(10(16)17)3-1-7(6)13-4-2-8(14)9(13)15/h6-8,14H,1-5H2,(H,16,17)/t6-,7+,8?/m1/s1. The number of piperidine rings is 1. The molecule has 0 radical (unpaired) electrons. The summed E-state index contributed by atoms with van der Waals surface area (Å²) in [5.41, 5.74) is 0. The van der Waals surface area contributed by atoms with Gasteiger partial charge in [-0.2, -0.15) is 0 Å². The monoisotopic (exact) mass is 246 g/mol. The zero-order valence-electron chi connectivity index (χ0n) is 9.25. The third kappa shape index (κ3) is 2.19. The van der Waals surface area contributed by atoms with E-state index in [1.54, 1.807) is 0 Å². The van der Waals surface area contributed by atoms with Gasteiger partial charge in [-0.05, 0) is 12.8 Å². The van der Waals surface area contributed by atoms with Crippen LogP contribution in [0, 0.1) is 0 Å². The summed E-state index contributed by atoms with van der Waals surface area (Å²) in [6.45, 7) is 0.359. The molecule has 2 heterocycles. The first-order valence-electron chi connectivity index (χ1n) is 5.61. The first kappa shape index (κ1) is 12.1. The van der Waals surface area contributed by atoms with E-state index in [0.717, 1.165) is 4.90 Å². The van der Waals surface area contributed by atoms with Gasteiger partial charge in [-0.3, -0.25) is 4.79 Å². The van der Waals surface area contributed by atoms with Crippen LogP contribution in [0.4, 0.5) is 9.18 Å². The molecule has 0 saturated carbocycles. The summed E-state index contributed by atoms with van der Waals surface area (Å²) in [4.78, 5) is 24.6. The van der Waals surface area contributed by atoms with E-state index < -0.39 is 30.3 Å². The van der Waals surface area contributed by atoms with Gasteiger partial charge in [0.15, 0.2) is 0 Å². The smallest absolute Gasteiger partial charge is 0.407 e. The minimum Gasteiger partial charge on any atom is -0.465 e. The summed E-state index contributed by atoms with van der Waals surface area (Å²) in [5, 5.41) is 18.0. The average molecular weight is 246 g/mol. The van der Waals surface area contributed by atoms with E-state index in [2.05, 4.69) is 0 Å². The number of carboxylic acid groups (broad SMARTS) is 1. The highest BCUT2D eigenvalue weighted by Gasteiger charge is 2.41. The number of hydrogen-bond donors (Lipinski definition) is 2. The molecule has 3 atom stereocenters. The molecule has 96 valence electrons. The second-order valence-corrected chi connectivity index (χ2v) is 4.44. The molecule has 2 amide bonds.